The molecular formula is C11H20N4O. The fourth-order valence-electron chi connectivity index (χ4n) is 1.40. The molecule has 0 saturated heterocycles. The van der Waals surface area contributed by atoms with Gasteiger partial charge in [-0.15, -0.1) is 0 Å². The van der Waals surface area contributed by atoms with Gasteiger partial charge in [0.2, 0.25) is 5.91 Å². The first-order chi connectivity index (χ1) is 7.54. The summed E-state index contributed by atoms with van der Waals surface area (Å²) >= 11 is 0. The molecule has 1 rings (SSSR count). The summed E-state index contributed by atoms with van der Waals surface area (Å²) in [4.78, 5) is 20.7. The molecule has 0 radical (unpaired) electrons. The number of hydrogen-bond donors (Lipinski definition) is 2. The molecule has 0 aliphatic carbocycles. The van der Waals surface area contributed by atoms with Crippen molar-refractivity contribution in [2.75, 3.05) is 13.6 Å². The Labute approximate surface area is 96.3 Å². The van der Waals surface area contributed by atoms with Crippen LogP contribution in [0.2, 0.25) is 0 Å². The van der Waals surface area contributed by atoms with Gasteiger partial charge in [0.05, 0.1) is 6.04 Å². The standard InChI is InChI=1S/C11H20N4O/c1-5-15(4)11(16)8(2)12-6-10-7-13-9(3)14-10/h7-8,12H,5-6H2,1-4H3,(H,13,14). The van der Waals surface area contributed by atoms with Crippen molar-refractivity contribution in [2.45, 2.75) is 33.4 Å². The topological polar surface area (TPSA) is 61.0 Å². The van der Waals surface area contributed by atoms with Gasteiger partial charge in [-0.25, -0.2) is 4.98 Å². The van der Waals surface area contributed by atoms with E-state index in [-0.39, 0.29) is 11.9 Å². The first-order valence-corrected chi connectivity index (χ1v) is 5.53. The molecule has 1 aromatic heterocycles. The lowest BCUT2D eigenvalue weighted by Crippen LogP contribution is -2.42. The third kappa shape index (κ3) is 3.34. The molecule has 0 spiro atoms. The van der Waals surface area contributed by atoms with Gasteiger partial charge in [0, 0.05) is 32.0 Å². The van der Waals surface area contributed by atoms with Gasteiger partial charge in [0.25, 0.3) is 0 Å². The second-order valence-corrected chi connectivity index (χ2v) is 3.95. The van der Waals surface area contributed by atoms with E-state index < -0.39 is 0 Å². The molecule has 0 bridgehead atoms. The molecule has 16 heavy (non-hydrogen) atoms. The van der Waals surface area contributed by atoms with Crippen LogP contribution in [0, 0.1) is 6.92 Å². The maximum absolute atomic E-state index is 11.7. The molecule has 0 aliphatic heterocycles. The molecule has 1 amide bonds. The molecular weight excluding hydrogens is 204 g/mol. The van der Waals surface area contributed by atoms with Gasteiger partial charge in [-0.3, -0.25) is 4.79 Å². The molecule has 0 aromatic carbocycles. The van der Waals surface area contributed by atoms with E-state index in [1.54, 1.807) is 18.1 Å². The summed E-state index contributed by atoms with van der Waals surface area (Å²) in [5.74, 6) is 1.00. The van der Waals surface area contributed by atoms with E-state index in [1.165, 1.54) is 0 Å². The number of rotatable bonds is 5. The van der Waals surface area contributed by atoms with Gasteiger partial charge < -0.3 is 15.2 Å². The van der Waals surface area contributed by atoms with Crippen LogP contribution >= 0.6 is 0 Å². The van der Waals surface area contributed by atoms with Crippen molar-refractivity contribution < 1.29 is 4.79 Å². The van der Waals surface area contributed by atoms with E-state index in [1.807, 2.05) is 20.8 Å². The molecule has 1 unspecified atom stereocenters. The molecule has 1 atom stereocenters. The maximum Gasteiger partial charge on any atom is 0.239 e. The molecule has 0 saturated carbocycles. The minimum absolute atomic E-state index is 0.110. The van der Waals surface area contributed by atoms with Gasteiger partial charge in [-0.05, 0) is 20.8 Å². The SMILES string of the molecule is CCN(C)C(=O)C(C)NCc1cnc(C)[nH]1. The minimum atomic E-state index is -0.173. The lowest BCUT2D eigenvalue weighted by molar-refractivity contribution is -0.131. The second kappa shape index (κ2) is 5.65. The number of likely N-dealkylation sites (N-methyl/N-ethyl adjacent to an activating group) is 1. The Balaban J connectivity index is 2.40. The number of aromatic amines is 1. The van der Waals surface area contributed by atoms with Gasteiger partial charge in [-0.2, -0.15) is 0 Å². The van der Waals surface area contributed by atoms with Crippen LogP contribution in [-0.4, -0.2) is 40.4 Å². The van der Waals surface area contributed by atoms with Gasteiger partial charge in [0.15, 0.2) is 0 Å². The van der Waals surface area contributed by atoms with E-state index in [0.29, 0.717) is 6.54 Å². The number of nitrogens with one attached hydrogen (secondary N) is 2. The number of aromatic nitrogens is 2. The number of nitrogens with zero attached hydrogens (tertiary/aromatic N) is 2. The summed E-state index contributed by atoms with van der Waals surface area (Å²) in [6.07, 6.45) is 1.78. The summed E-state index contributed by atoms with van der Waals surface area (Å²) in [5, 5.41) is 3.16. The normalized spacial score (nSPS) is 12.5. The van der Waals surface area contributed by atoms with Crippen LogP contribution in [0.4, 0.5) is 0 Å². The molecule has 5 heteroatoms. The Morgan fingerprint density at radius 2 is 2.38 bits per heavy atom. The fraction of sp³-hybridized carbons (Fsp3) is 0.636. The Hall–Kier alpha value is -1.36. The van der Waals surface area contributed by atoms with E-state index in [2.05, 4.69) is 15.3 Å². The van der Waals surface area contributed by atoms with E-state index in [9.17, 15) is 4.79 Å². The second-order valence-electron chi connectivity index (χ2n) is 3.95. The molecule has 5 nitrogen and oxygen atoms in total. The quantitative estimate of drug-likeness (QED) is 0.773. The number of aryl methyl sites for hydroxylation is 1. The van der Waals surface area contributed by atoms with Crippen molar-refractivity contribution in [3.8, 4) is 0 Å². The zero-order valence-electron chi connectivity index (χ0n) is 10.4. The van der Waals surface area contributed by atoms with Crippen molar-refractivity contribution in [3.63, 3.8) is 0 Å². The highest BCUT2D eigenvalue weighted by Crippen LogP contribution is 1.97. The summed E-state index contributed by atoms with van der Waals surface area (Å²) in [7, 11) is 1.81. The molecule has 1 heterocycles. The third-order valence-corrected chi connectivity index (χ3v) is 2.58. The van der Waals surface area contributed by atoms with Gasteiger partial charge >= 0.3 is 0 Å². The summed E-state index contributed by atoms with van der Waals surface area (Å²) in [5.41, 5.74) is 0.997. The van der Waals surface area contributed by atoms with Crippen molar-refractivity contribution in [1.29, 1.82) is 0 Å². The Morgan fingerprint density at radius 1 is 1.69 bits per heavy atom. The van der Waals surface area contributed by atoms with E-state index in [4.69, 9.17) is 0 Å². The highest BCUT2D eigenvalue weighted by molar-refractivity contribution is 5.81. The van der Waals surface area contributed by atoms with Gasteiger partial charge in [0.1, 0.15) is 5.82 Å². The summed E-state index contributed by atoms with van der Waals surface area (Å²) < 4.78 is 0. The zero-order valence-corrected chi connectivity index (χ0v) is 10.4. The number of carbonyl (C=O) groups excluding carboxylic acids is 1. The largest absolute Gasteiger partial charge is 0.345 e. The zero-order chi connectivity index (χ0) is 12.1. The minimum Gasteiger partial charge on any atom is -0.345 e. The molecule has 0 aliphatic rings. The highest BCUT2D eigenvalue weighted by Gasteiger charge is 2.15. The third-order valence-electron chi connectivity index (χ3n) is 2.58. The number of carbonyl (C=O) groups is 1. The molecule has 90 valence electrons. The molecule has 0 fully saturated rings. The Kier molecular flexibility index (Phi) is 4.49. The van der Waals surface area contributed by atoms with Crippen molar-refractivity contribution in [3.05, 3.63) is 17.7 Å². The predicted octanol–water partition coefficient (Wildman–Crippen LogP) is 0.675. The average Bonchev–Trinajstić information content (AvgIpc) is 2.69. The highest BCUT2D eigenvalue weighted by atomic mass is 16.2. The van der Waals surface area contributed by atoms with Crippen LogP contribution in [0.25, 0.3) is 0 Å². The van der Waals surface area contributed by atoms with Crippen LogP contribution < -0.4 is 5.32 Å². The van der Waals surface area contributed by atoms with E-state index in [0.717, 1.165) is 18.1 Å². The average molecular weight is 224 g/mol. The first-order valence-electron chi connectivity index (χ1n) is 5.53. The number of H-pyrrole nitrogens is 1. The summed E-state index contributed by atoms with van der Waals surface area (Å²) in [6.45, 7) is 7.10. The number of imidazole rings is 1. The van der Waals surface area contributed by atoms with Crippen LogP contribution in [0.3, 0.4) is 0 Å². The van der Waals surface area contributed by atoms with E-state index >= 15 is 0 Å². The van der Waals surface area contributed by atoms with Crippen molar-refractivity contribution in [2.24, 2.45) is 0 Å². The smallest absolute Gasteiger partial charge is 0.239 e. The van der Waals surface area contributed by atoms with Crippen LogP contribution in [0.15, 0.2) is 6.20 Å². The Morgan fingerprint density at radius 3 is 2.88 bits per heavy atom. The monoisotopic (exact) mass is 224 g/mol. The predicted molar refractivity (Wildman–Crippen MR) is 62.9 cm³/mol. The first kappa shape index (κ1) is 12.7. The summed E-state index contributed by atoms with van der Waals surface area (Å²) in [6, 6.07) is -0.173. The van der Waals surface area contributed by atoms with Crippen LogP contribution in [0.5, 0.6) is 0 Å². The molecule has 2 N–H and O–H groups in total. The lowest BCUT2D eigenvalue weighted by atomic mass is 10.3. The number of hydrogen-bond acceptors (Lipinski definition) is 3. The van der Waals surface area contributed by atoms with Crippen molar-refractivity contribution >= 4 is 5.91 Å². The fourth-order valence-corrected chi connectivity index (χ4v) is 1.40. The maximum atomic E-state index is 11.7. The lowest BCUT2D eigenvalue weighted by Gasteiger charge is -2.20. The van der Waals surface area contributed by atoms with Crippen LogP contribution in [-0.2, 0) is 11.3 Å². The van der Waals surface area contributed by atoms with Crippen LogP contribution in [0.1, 0.15) is 25.4 Å². The Bertz CT molecular complexity index is 348. The molecule has 1 aromatic rings. The van der Waals surface area contributed by atoms with Gasteiger partial charge in [-0.1, -0.05) is 0 Å². The van der Waals surface area contributed by atoms with Crippen molar-refractivity contribution in [1.82, 2.24) is 20.2 Å². The number of amides is 1.